The summed E-state index contributed by atoms with van der Waals surface area (Å²) in [7, 11) is 0. The lowest BCUT2D eigenvalue weighted by Crippen LogP contribution is -2.40. The van der Waals surface area contributed by atoms with Crippen LogP contribution in [0, 0.1) is 0 Å². The summed E-state index contributed by atoms with van der Waals surface area (Å²) in [6.45, 7) is 0.919. The van der Waals surface area contributed by atoms with E-state index in [4.69, 9.17) is 17.1 Å². The number of hydrogen-bond donors (Lipinski definition) is 1. The highest BCUT2D eigenvalue weighted by Gasteiger charge is 2.20. The highest BCUT2D eigenvalue weighted by atomic mass is 35.5. The van der Waals surface area contributed by atoms with Crippen LogP contribution in [-0.2, 0) is 6.42 Å². The Morgan fingerprint density at radius 3 is 2.88 bits per heavy atom. The second-order valence-electron chi connectivity index (χ2n) is 4.36. The van der Waals surface area contributed by atoms with Crippen molar-refractivity contribution >= 4 is 11.6 Å². The van der Waals surface area contributed by atoms with Crippen LogP contribution in [0.4, 0.5) is 0 Å². The second-order valence-corrected chi connectivity index (χ2v) is 4.80. The van der Waals surface area contributed by atoms with E-state index in [1.54, 1.807) is 0 Å². The summed E-state index contributed by atoms with van der Waals surface area (Å²) >= 11 is 5.85. The van der Waals surface area contributed by atoms with Crippen molar-refractivity contribution in [2.45, 2.75) is 31.3 Å². The maximum Gasteiger partial charge on any atom is 0.0406 e. The lowest BCUT2D eigenvalue weighted by molar-refractivity contribution is 0.360. The summed E-state index contributed by atoms with van der Waals surface area (Å²) in [5.41, 5.74) is 9.71. The van der Waals surface area contributed by atoms with E-state index in [9.17, 15) is 0 Å². The van der Waals surface area contributed by atoms with E-state index >= 15 is 0 Å². The molecule has 0 spiro atoms. The molecule has 17 heavy (non-hydrogen) atoms. The maximum absolute atomic E-state index is 8.45. The molecule has 0 bridgehead atoms. The third-order valence-corrected chi connectivity index (χ3v) is 3.33. The fourth-order valence-electron chi connectivity index (χ4n) is 2.22. The highest BCUT2D eigenvalue weighted by molar-refractivity contribution is 6.30. The molecular weight excluding hydrogens is 236 g/mol. The van der Waals surface area contributed by atoms with Crippen LogP contribution < -0.4 is 5.32 Å². The monoisotopic (exact) mass is 250 g/mol. The molecule has 5 heteroatoms. The Bertz CT molecular complexity index is 411. The number of piperidine rings is 1. The SMILES string of the molecule is [N-]=[N+]=NC1CCNC(Cc2ccc(Cl)cc2)C1. The standard InChI is InChI=1S/C12H15ClN4/c13-10-3-1-9(2-4-10)7-12-8-11(16-17-14)5-6-15-12/h1-4,11-12,15H,5-8H2. The molecule has 0 saturated carbocycles. The van der Waals surface area contributed by atoms with Crippen molar-refractivity contribution < 1.29 is 0 Å². The molecular formula is C12H15ClN4. The first-order valence-electron chi connectivity index (χ1n) is 5.80. The zero-order valence-corrected chi connectivity index (χ0v) is 10.3. The molecule has 1 heterocycles. The highest BCUT2D eigenvalue weighted by Crippen LogP contribution is 2.17. The number of azide groups is 1. The molecule has 1 fully saturated rings. The van der Waals surface area contributed by atoms with Crippen LogP contribution in [0.2, 0.25) is 5.02 Å². The number of benzene rings is 1. The Hall–Kier alpha value is -1.22. The minimum absolute atomic E-state index is 0.138. The first-order valence-corrected chi connectivity index (χ1v) is 6.18. The van der Waals surface area contributed by atoms with Crippen LogP contribution in [0.25, 0.3) is 10.4 Å². The van der Waals surface area contributed by atoms with Gasteiger partial charge in [-0.05, 0) is 49.0 Å². The summed E-state index contributed by atoms with van der Waals surface area (Å²) < 4.78 is 0. The van der Waals surface area contributed by atoms with Crippen molar-refractivity contribution in [1.29, 1.82) is 0 Å². The quantitative estimate of drug-likeness (QED) is 0.499. The van der Waals surface area contributed by atoms with Gasteiger partial charge in [0.2, 0.25) is 0 Å². The Morgan fingerprint density at radius 1 is 1.41 bits per heavy atom. The van der Waals surface area contributed by atoms with Gasteiger partial charge in [-0.2, -0.15) is 0 Å². The van der Waals surface area contributed by atoms with Gasteiger partial charge in [-0.15, -0.1) is 0 Å². The molecule has 0 amide bonds. The Morgan fingerprint density at radius 2 is 2.18 bits per heavy atom. The van der Waals surface area contributed by atoms with Crippen LogP contribution >= 0.6 is 11.6 Å². The van der Waals surface area contributed by atoms with Gasteiger partial charge in [0, 0.05) is 22.0 Å². The first kappa shape index (κ1) is 12.2. The molecule has 1 saturated heterocycles. The fraction of sp³-hybridized carbons (Fsp3) is 0.500. The average molecular weight is 251 g/mol. The van der Waals surface area contributed by atoms with Crippen molar-refractivity contribution in [3.05, 3.63) is 45.3 Å². The van der Waals surface area contributed by atoms with E-state index in [0.29, 0.717) is 6.04 Å². The van der Waals surface area contributed by atoms with Crippen LogP contribution in [-0.4, -0.2) is 18.6 Å². The van der Waals surface area contributed by atoms with E-state index in [1.165, 1.54) is 5.56 Å². The Kier molecular flexibility index (Phi) is 4.26. The van der Waals surface area contributed by atoms with Crippen molar-refractivity contribution in [2.75, 3.05) is 6.54 Å². The predicted octanol–water partition coefficient (Wildman–Crippen LogP) is 3.31. The normalized spacial score (nSPS) is 24.1. The summed E-state index contributed by atoms with van der Waals surface area (Å²) in [6, 6.07) is 8.43. The molecule has 2 rings (SSSR count). The molecule has 0 aromatic heterocycles. The molecule has 1 aliphatic heterocycles. The fourth-order valence-corrected chi connectivity index (χ4v) is 2.35. The number of nitrogens with zero attached hydrogens (tertiary/aromatic N) is 3. The number of hydrogen-bond acceptors (Lipinski definition) is 2. The van der Waals surface area contributed by atoms with Crippen molar-refractivity contribution in [3.63, 3.8) is 0 Å². The van der Waals surface area contributed by atoms with Crippen LogP contribution in [0.1, 0.15) is 18.4 Å². The van der Waals surface area contributed by atoms with E-state index in [2.05, 4.69) is 15.3 Å². The van der Waals surface area contributed by atoms with E-state index in [0.717, 1.165) is 30.8 Å². The molecule has 0 radical (unpaired) electrons. The maximum atomic E-state index is 8.45. The summed E-state index contributed by atoms with van der Waals surface area (Å²) in [6.07, 6.45) is 2.79. The zero-order valence-electron chi connectivity index (χ0n) is 9.51. The molecule has 2 atom stereocenters. The van der Waals surface area contributed by atoms with Crippen LogP contribution in [0.5, 0.6) is 0 Å². The third-order valence-electron chi connectivity index (χ3n) is 3.08. The zero-order chi connectivity index (χ0) is 12.1. The van der Waals surface area contributed by atoms with Gasteiger partial charge in [0.15, 0.2) is 0 Å². The van der Waals surface area contributed by atoms with Gasteiger partial charge in [0.05, 0.1) is 0 Å². The molecule has 90 valence electrons. The van der Waals surface area contributed by atoms with E-state index < -0.39 is 0 Å². The molecule has 1 N–H and O–H groups in total. The smallest absolute Gasteiger partial charge is 0.0406 e. The van der Waals surface area contributed by atoms with E-state index in [-0.39, 0.29) is 6.04 Å². The lowest BCUT2D eigenvalue weighted by Gasteiger charge is -2.27. The molecule has 2 unspecified atom stereocenters. The summed E-state index contributed by atoms with van der Waals surface area (Å²) in [4.78, 5) is 2.89. The molecule has 1 aromatic carbocycles. The van der Waals surface area contributed by atoms with Gasteiger partial charge in [-0.25, -0.2) is 0 Å². The Labute approximate surface area is 106 Å². The number of rotatable bonds is 3. The summed E-state index contributed by atoms with van der Waals surface area (Å²) in [5.74, 6) is 0. The second kappa shape index (κ2) is 5.92. The Balaban J connectivity index is 1.94. The summed E-state index contributed by atoms with van der Waals surface area (Å²) in [5, 5.41) is 8.02. The third kappa shape index (κ3) is 3.63. The molecule has 1 aliphatic rings. The minimum Gasteiger partial charge on any atom is -0.314 e. The van der Waals surface area contributed by atoms with Gasteiger partial charge >= 0.3 is 0 Å². The van der Waals surface area contributed by atoms with Crippen LogP contribution in [0.15, 0.2) is 29.4 Å². The van der Waals surface area contributed by atoms with Gasteiger partial charge in [-0.3, -0.25) is 0 Å². The molecule has 4 nitrogen and oxygen atoms in total. The van der Waals surface area contributed by atoms with Gasteiger partial charge in [0.25, 0.3) is 0 Å². The van der Waals surface area contributed by atoms with Gasteiger partial charge in [0.1, 0.15) is 0 Å². The topological polar surface area (TPSA) is 60.8 Å². The first-order chi connectivity index (χ1) is 8.28. The van der Waals surface area contributed by atoms with Crippen molar-refractivity contribution in [1.82, 2.24) is 5.32 Å². The predicted molar refractivity (Wildman–Crippen MR) is 69.1 cm³/mol. The largest absolute Gasteiger partial charge is 0.314 e. The number of nitrogens with one attached hydrogen (secondary N) is 1. The number of halogens is 1. The lowest BCUT2D eigenvalue weighted by atomic mass is 9.95. The van der Waals surface area contributed by atoms with E-state index in [1.807, 2.05) is 24.3 Å². The van der Waals surface area contributed by atoms with Crippen molar-refractivity contribution in [3.8, 4) is 0 Å². The minimum atomic E-state index is 0.138. The van der Waals surface area contributed by atoms with Gasteiger partial charge < -0.3 is 5.32 Å². The van der Waals surface area contributed by atoms with Crippen LogP contribution in [0.3, 0.4) is 0 Å². The van der Waals surface area contributed by atoms with Crippen molar-refractivity contribution in [2.24, 2.45) is 5.11 Å². The molecule has 1 aromatic rings. The average Bonchev–Trinajstić information content (AvgIpc) is 2.33. The van der Waals surface area contributed by atoms with Gasteiger partial charge in [-0.1, -0.05) is 28.8 Å². The molecule has 0 aliphatic carbocycles.